The molecule has 3 rings (SSSR count). The zero-order valence-corrected chi connectivity index (χ0v) is 15.7. The van der Waals surface area contributed by atoms with Crippen molar-refractivity contribution in [2.45, 2.75) is 32.4 Å². The lowest BCUT2D eigenvalue weighted by atomic mass is 9.97. The van der Waals surface area contributed by atoms with Crippen molar-refractivity contribution in [3.05, 3.63) is 59.4 Å². The van der Waals surface area contributed by atoms with Crippen molar-refractivity contribution < 1.29 is 22.7 Å². The minimum absolute atomic E-state index is 0.0536. The smallest absolute Gasteiger partial charge is 0.419 e. The first-order chi connectivity index (χ1) is 13.3. The number of hydrogen-bond donors (Lipinski definition) is 0. The van der Waals surface area contributed by atoms with Gasteiger partial charge in [0.05, 0.1) is 18.6 Å². The highest BCUT2D eigenvalue weighted by molar-refractivity contribution is 5.79. The molecule has 4 nitrogen and oxygen atoms in total. The number of carbonyl (C=O) groups excluding carboxylic acids is 1. The Kier molecular flexibility index (Phi) is 6.21. The Hall–Kier alpha value is -2.57. The monoisotopic (exact) mass is 392 g/mol. The van der Waals surface area contributed by atoms with Crippen molar-refractivity contribution in [2.75, 3.05) is 19.7 Å². The summed E-state index contributed by atoms with van der Waals surface area (Å²) >= 11 is 0. The molecule has 1 aliphatic rings. The van der Waals surface area contributed by atoms with Crippen molar-refractivity contribution >= 4 is 5.91 Å². The number of para-hydroxylation sites is 1. The van der Waals surface area contributed by atoms with Crippen LogP contribution in [0.25, 0.3) is 0 Å². The Balaban J connectivity index is 1.50. The molecule has 28 heavy (non-hydrogen) atoms. The number of carbonyl (C=O) groups is 1. The van der Waals surface area contributed by atoms with Crippen LogP contribution < -0.4 is 4.74 Å². The van der Waals surface area contributed by atoms with Gasteiger partial charge in [-0.3, -0.25) is 9.78 Å². The molecule has 1 fully saturated rings. The van der Waals surface area contributed by atoms with E-state index in [1.54, 1.807) is 12.4 Å². The number of aromatic nitrogens is 1. The van der Waals surface area contributed by atoms with Crippen LogP contribution in [-0.2, 0) is 17.4 Å². The first-order valence-corrected chi connectivity index (χ1v) is 9.31. The predicted octanol–water partition coefficient (Wildman–Crippen LogP) is 4.27. The lowest BCUT2D eigenvalue weighted by Crippen LogP contribution is -2.40. The van der Waals surface area contributed by atoms with Gasteiger partial charge in [0.1, 0.15) is 5.75 Å². The van der Waals surface area contributed by atoms with Crippen molar-refractivity contribution in [1.29, 1.82) is 0 Å². The molecule has 1 aromatic heterocycles. The van der Waals surface area contributed by atoms with Crippen molar-refractivity contribution in [2.24, 2.45) is 5.92 Å². The molecular weight excluding hydrogens is 369 g/mol. The van der Waals surface area contributed by atoms with Gasteiger partial charge in [0, 0.05) is 25.5 Å². The maximum atomic E-state index is 13.0. The third kappa shape index (κ3) is 5.03. The second kappa shape index (κ2) is 8.63. The maximum Gasteiger partial charge on any atom is 0.419 e. The Morgan fingerprint density at radius 2 is 1.93 bits per heavy atom. The molecule has 2 heterocycles. The summed E-state index contributed by atoms with van der Waals surface area (Å²) in [6.07, 6.45) is 0.728. The molecule has 0 unspecified atom stereocenters. The Morgan fingerprint density at radius 3 is 2.61 bits per heavy atom. The highest BCUT2D eigenvalue weighted by Gasteiger charge is 2.34. The first-order valence-electron chi connectivity index (χ1n) is 9.31. The number of halogens is 3. The number of alkyl halides is 3. The minimum Gasteiger partial charge on any atom is -0.493 e. The summed E-state index contributed by atoms with van der Waals surface area (Å²) in [5.74, 6) is 0.0453. The normalized spacial score (nSPS) is 15.5. The lowest BCUT2D eigenvalue weighted by molar-refractivity contribution is -0.139. The zero-order chi connectivity index (χ0) is 20.1. The van der Waals surface area contributed by atoms with E-state index in [1.807, 2.05) is 17.9 Å². The van der Waals surface area contributed by atoms with Gasteiger partial charge in [-0.25, -0.2) is 0 Å². The molecule has 1 aromatic carbocycles. The highest BCUT2D eigenvalue weighted by Crippen LogP contribution is 2.36. The topological polar surface area (TPSA) is 42.4 Å². The average molecular weight is 392 g/mol. The Morgan fingerprint density at radius 1 is 1.21 bits per heavy atom. The summed E-state index contributed by atoms with van der Waals surface area (Å²) in [6, 6.07) is 7.13. The molecule has 0 radical (unpaired) electrons. The number of nitrogens with zero attached hydrogens (tertiary/aromatic N) is 2. The molecule has 0 atom stereocenters. The Labute approximate surface area is 162 Å². The second-order valence-electron chi connectivity index (χ2n) is 7.11. The van der Waals surface area contributed by atoms with Crippen LogP contribution in [0.15, 0.2) is 42.7 Å². The molecule has 7 heteroatoms. The number of rotatable bonds is 5. The van der Waals surface area contributed by atoms with Crippen LogP contribution in [0.3, 0.4) is 0 Å². The van der Waals surface area contributed by atoms with E-state index in [0.29, 0.717) is 32.4 Å². The summed E-state index contributed by atoms with van der Waals surface area (Å²) in [5, 5.41) is 0. The van der Waals surface area contributed by atoms with Crippen molar-refractivity contribution in [1.82, 2.24) is 9.88 Å². The fourth-order valence-electron chi connectivity index (χ4n) is 3.34. The first kappa shape index (κ1) is 20.2. The third-order valence-electron chi connectivity index (χ3n) is 5.12. The molecule has 0 saturated carbocycles. The number of hydrogen-bond acceptors (Lipinski definition) is 3. The summed E-state index contributed by atoms with van der Waals surface area (Å²) in [7, 11) is 0. The number of likely N-dealkylation sites (tertiary alicyclic amines) is 1. The average Bonchev–Trinajstić information content (AvgIpc) is 2.68. The second-order valence-corrected chi connectivity index (χ2v) is 7.11. The van der Waals surface area contributed by atoms with E-state index in [0.717, 1.165) is 17.2 Å². The van der Waals surface area contributed by atoms with Gasteiger partial charge in [-0.2, -0.15) is 13.2 Å². The van der Waals surface area contributed by atoms with Gasteiger partial charge in [-0.1, -0.05) is 12.1 Å². The van der Waals surface area contributed by atoms with E-state index < -0.39 is 11.7 Å². The number of piperidine rings is 1. The van der Waals surface area contributed by atoms with Crippen LogP contribution in [-0.4, -0.2) is 35.5 Å². The van der Waals surface area contributed by atoms with Gasteiger partial charge in [-0.05, 0) is 55.0 Å². The number of benzene rings is 1. The number of ether oxygens (including phenoxy) is 1. The number of amides is 1. The van der Waals surface area contributed by atoms with E-state index in [1.165, 1.54) is 18.2 Å². The fourth-order valence-corrected chi connectivity index (χ4v) is 3.34. The lowest BCUT2D eigenvalue weighted by Gasteiger charge is -2.32. The molecule has 0 bridgehead atoms. The van der Waals surface area contributed by atoms with Crippen LogP contribution in [0.5, 0.6) is 5.75 Å². The van der Waals surface area contributed by atoms with Crippen LogP contribution in [0.1, 0.15) is 29.5 Å². The fraction of sp³-hybridized carbons (Fsp3) is 0.429. The van der Waals surface area contributed by atoms with Crippen molar-refractivity contribution in [3.8, 4) is 5.75 Å². The van der Waals surface area contributed by atoms with Gasteiger partial charge in [0.25, 0.3) is 0 Å². The van der Waals surface area contributed by atoms with E-state index in [-0.39, 0.29) is 24.2 Å². The summed E-state index contributed by atoms with van der Waals surface area (Å²) in [5.41, 5.74) is 1.20. The maximum absolute atomic E-state index is 13.0. The zero-order valence-electron chi connectivity index (χ0n) is 15.7. The van der Waals surface area contributed by atoms with Crippen LogP contribution >= 0.6 is 0 Å². The van der Waals surface area contributed by atoms with Gasteiger partial charge < -0.3 is 9.64 Å². The van der Waals surface area contributed by atoms with Crippen LogP contribution in [0, 0.1) is 12.8 Å². The van der Waals surface area contributed by atoms with Crippen LogP contribution in [0.4, 0.5) is 13.2 Å². The van der Waals surface area contributed by atoms with E-state index in [9.17, 15) is 18.0 Å². The Bertz CT molecular complexity index is 815. The molecule has 0 spiro atoms. The highest BCUT2D eigenvalue weighted by atomic mass is 19.4. The molecule has 0 aliphatic carbocycles. The van der Waals surface area contributed by atoms with Gasteiger partial charge in [0.15, 0.2) is 0 Å². The molecule has 1 amide bonds. The van der Waals surface area contributed by atoms with Crippen LogP contribution in [0.2, 0.25) is 0 Å². The van der Waals surface area contributed by atoms with E-state index in [2.05, 4.69) is 4.98 Å². The molecule has 0 N–H and O–H groups in total. The standard InChI is InChI=1S/C21H23F3N2O2/c1-15-6-9-25-13-17(15)12-20(27)26-10-7-16(8-11-26)14-28-19-5-3-2-4-18(19)21(22,23)24/h2-6,9,13,16H,7-8,10-12,14H2,1H3. The van der Waals surface area contributed by atoms with Crippen molar-refractivity contribution in [3.63, 3.8) is 0 Å². The third-order valence-corrected chi connectivity index (χ3v) is 5.12. The molecule has 1 saturated heterocycles. The molecule has 150 valence electrons. The summed E-state index contributed by atoms with van der Waals surface area (Å²) in [6.45, 7) is 3.35. The summed E-state index contributed by atoms with van der Waals surface area (Å²) in [4.78, 5) is 18.4. The largest absolute Gasteiger partial charge is 0.493 e. The minimum atomic E-state index is -4.43. The van der Waals surface area contributed by atoms with E-state index >= 15 is 0 Å². The quantitative estimate of drug-likeness (QED) is 0.763. The number of pyridine rings is 1. The van der Waals surface area contributed by atoms with E-state index in [4.69, 9.17) is 4.74 Å². The SMILES string of the molecule is Cc1ccncc1CC(=O)N1CCC(COc2ccccc2C(F)(F)F)CC1. The van der Waals surface area contributed by atoms with Gasteiger partial charge in [0.2, 0.25) is 5.91 Å². The summed E-state index contributed by atoms with van der Waals surface area (Å²) < 4.78 is 44.6. The van der Waals surface area contributed by atoms with Gasteiger partial charge in [-0.15, -0.1) is 0 Å². The molecule has 1 aliphatic heterocycles. The molecule has 2 aromatic rings. The van der Waals surface area contributed by atoms with Gasteiger partial charge >= 0.3 is 6.18 Å². The molecular formula is C21H23F3N2O2. The number of aryl methyl sites for hydroxylation is 1. The predicted molar refractivity (Wildman–Crippen MR) is 98.9 cm³/mol.